The number of hydrogen-bond donors (Lipinski definition) is 0. The van der Waals surface area contributed by atoms with Crippen molar-refractivity contribution in [2.45, 2.75) is 45.7 Å². The summed E-state index contributed by atoms with van der Waals surface area (Å²) >= 11 is 0. The zero-order valence-corrected chi connectivity index (χ0v) is 9.09. The Morgan fingerprint density at radius 2 is 2.23 bits per heavy atom. The molecule has 0 unspecified atom stereocenters. The van der Waals surface area contributed by atoms with E-state index < -0.39 is 0 Å². The van der Waals surface area contributed by atoms with Crippen molar-refractivity contribution < 1.29 is 0 Å². The minimum atomic E-state index is 0.650. The van der Waals surface area contributed by atoms with Crippen molar-refractivity contribution in [2.24, 2.45) is 0 Å². The fourth-order valence-corrected chi connectivity index (χ4v) is 1.94. The van der Waals surface area contributed by atoms with Crippen LogP contribution in [0.1, 0.15) is 33.6 Å². The highest BCUT2D eigenvalue weighted by molar-refractivity contribution is 5.14. The van der Waals surface area contributed by atoms with E-state index in [1.54, 1.807) is 0 Å². The van der Waals surface area contributed by atoms with Gasteiger partial charge in [-0.2, -0.15) is 0 Å². The summed E-state index contributed by atoms with van der Waals surface area (Å²) in [5.74, 6) is 0. The first-order chi connectivity index (χ1) is 6.11. The van der Waals surface area contributed by atoms with Gasteiger partial charge in [-0.05, 0) is 40.2 Å². The molecule has 0 radical (unpaired) electrons. The lowest BCUT2D eigenvalue weighted by molar-refractivity contribution is 0.234. The minimum absolute atomic E-state index is 0.650. The van der Waals surface area contributed by atoms with Gasteiger partial charge in [-0.1, -0.05) is 24.3 Å². The molecule has 0 aliphatic carbocycles. The summed E-state index contributed by atoms with van der Waals surface area (Å²) in [6.07, 6.45) is 7.09. The molecule has 1 heterocycles. The molecule has 0 aromatic carbocycles. The average molecular weight is 179 g/mol. The maximum absolute atomic E-state index is 3.88. The second-order valence-corrected chi connectivity index (χ2v) is 4.25. The highest BCUT2D eigenvalue weighted by atomic mass is 15.2. The Morgan fingerprint density at radius 3 is 2.77 bits per heavy atom. The van der Waals surface area contributed by atoms with Crippen LogP contribution in [-0.2, 0) is 0 Å². The lowest BCUT2D eigenvalue weighted by Gasteiger charge is -2.25. The molecule has 0 bridgehead atoms. The van der Waals surface area contributed by atoms with E-state index in [4.69, 9.17) is 0 Å². The molecule has 74 valence electrons. The van der Waals surface area contributed by atoms with Crippen LogP contribution < -0.4 is 0 Å². The van der Waals surface area contributed by atoms with Crippen LogP contribution in [0.5, 0.6) is 0 Å². The minimum Gasteiger partial charge on any atom is -0.295 e. The van der Waals surface area contributed by atoms with Gasteiger partial charge in [-0.25, -0.2) is 0 Å². The Morgan fingerprint density at radius 1 is 1.54 bits per heavy atom. The molecule has 1 aliphatic rings. The maximum atomic E-state index is 3.88. The number of nitrogens with zero attached hydrogens (tertiary/aromatic N) is 1. The van der Waals surface area contributed by atoms with Gasteiger partial charge in [0.15, 0.2) is 0 Å². The largest absolute Gasteiger partial charge is 0.295 e. The Balaban J connectivity index is 2.53. The molecule has 1 rings (SSSR count). The summed E-state index contributed by atoms with van der Waals surface area (Å²) in [6, 6.07) is 1.32. The van der Waals surface area contributed by atoms with Crippen LogP contribution in [0.2, 0.25) is 0 Å². The van der Waals surface area contributed by atoms with Gasteiger partial charge in [0.1, 0.15) is 0 Å². The van der Waals surface area contributed by atoms with E-state index in [-0.39, 0.29) is 0 Å². The molecule has 1 nitrogen and oxygen atoms in total. The second kappa shape index (κ2) is 4.61. The molecule has 0 saturated carbocycles. The smallest absolute Gasteiger partial charge is 0.0284 e. The summed E-state index contributed by atoms with van der Waals surface area (Å²) in [5.41, 5.74) is 1.15. The van der Waals surface area contributed by atoms with Gasteiger partial charge in [0, 0.05) is 12.1 Å². The fraction of sp³-hybridized carbons (Fsp3) is 0.667. The quantitative estimate of drug-likeness (QED) is 0.602. The van der Waals surface area contributed by atoms with Crippen LogP contribution in [0.4, 0.5) is 0 Å². The van der Waals surface area contributed by atoms with E-state index in [1.165, 1.54) is 19.4 Å². The van der Waals surface area contributed by atoms with E-state index >= 15 is 0 Å². The van der Waals surface area contributed by atoms with Gasteiger partial charge < -0.3 is 0 Å². The van der Waals surface area contributed by atoms with Gasteiger partial charge in [-0.3, -0.25) is 4.90 Å². The van der Waals surface area contributed by atoms with E-state index in [1.807, 2.05) is 6.92 Å². The van der Waals surface area contributed by atoms with E-state index in [2.05, 4.69) is 37.5 Å². The van der Waals surface area contributed by atoms with Crippen LogP contribution in [0.3, 0.4) is 0 Å². The summed E-state index contributed by atoms with van der Waals surface area (Å²) < 4.78 is 0. The van der Waals surface area contributed by atoms with Crippen LogP contribution >= 0.6 is 0 Å². The Kier molecular flexibility index (Phi) is 3.73. The predicted molar refractivity (Wildman–Crippen MR) is 58.8 cm³/mol. The molecule has 1 atom stereocenters. The van der Waals surface area contributed by atoms with Gasteiger partial charge >= 0.3 is 0 Å². The molecule has 0 aromatic rings. The molecule has 0 N–H and O–H groups in total. The summed E-state index contributed by atoms with van der Waals surface area (Å²) in [5, 5.41) is 0. The Bertz CT molecular complexity index is 203. The van der Waals surface area contributed by atoms with Crippen LogP contribution in [0, 0.1) is 0 Å². The van der Waals surface area contributed by atoms with Crippen molar-refractivity contribution in [3.8, 4) is 0 Å². The Labute approximate surface area is 82.1 Å². The van der Waals surface area contributed by atoms with Crippen molar-refractivity contribution in [3.05, 3.63) is 24.3 Å². The average Bonchev–Trinajstić information content (AvgIpc) is 2.47. The standard InChI is InChI=1S/C12H21N/c1-10(2)7-8-12-6-5-9-13(12)11(3)4/h7-8,11-12H,1,5-6,9H2,2-4H3/b8-7+/t12-/m0/s1. The third-order valence-corrected chi connectivity index (χ3v) is 2.61. The first kappa shape index (κ1) is 10.5. The zero-order valence-electron chi connectivity index (χ0n) is 9.09. The number of rotatable bonds is 3. The molecular formula is C12H21N. The molecule has 1 fully saturated rings. The first-order valence-electron chi connectivity index (χ1n) is 5.20. The Hall–Kier alpha value is -0.560. The topological polar surface area (TPSA) is 3.24 Å². The summed E-state index contributed by atoms with van der Waals surface area (Å²) in [4.78, 5) is 2.55. The third kappa shape index (κ3) is 3.00. The SMILES string of the molecule is C=C(C)/C=C/[C@@H]1CCCN1C(C)C. The van der Waals surface area contributed by atoms with E-state index in [0.29, 0.717) is 12.1 Å². The van der Waals surface area contributed by atoms with Crippen molar-refractivity contribution in [3.63, 3.8) is 0 Å². The van der Waals surface area contributed by atoms with Gasteiger partial charge in [0.05, 0.1) is 0 Å². The van der Waals surface area contributed by atoms with Gasteiger partial charge in [0.2, 0.25) is 0 Å². The van der Waals surface area contributed by atoms with Crippen LogP contribution in [0.25, 0.3) is 0 Å². The van der Waals surface area contributed by atoms with E-state index in [0.717, 1.165) is 5.57 Å². The van der Waals surface area contributed by atoms with Crippen molar-refractivity contribution in [2.75, 3.05) is 6.54 Å². The second-order valence-electron chi connectivity index (χ2n) is 4.25. The van der Waals surface area contributed by atoms with Gasteiger partial charge in [0.25, 0.3) is 0 Å². The zero-order chi connectivity index (χ0) is 9.84. The molecule has 1 aliphatic heterocycles. The predicted octanol–water partition coefficient (Wildman–Crippen LogP) is 2.99. The van der Waals surface area contributed by atoms with Gasteiger partial charge in [-0.15, -0.1) is 0 Å². The lowest BCUT2D eigenvalue weighted by atomic mass is 10.1. The van der Waals surface area contributed by atoms with E-state index in [9.17, 15) is 0 Å². The molecule has 0 aromatic heterocycles. The summed E-state index contributed by atoms with van der Waals surface area (Å²) in [7, 11) is 0. The monoisotopic (exact) mass is 179 g/mol. The molecule has 13 heavy (non-hydrogen) atoms. The normalized spacial score (nSPS) is 24.8. The van der Waals surface area contributed by atoms with Crippen molar-refractivity contribution >= 4 is 0 Å². The number of allylic oxidation sites excluding steroid dienone is 2. The van der Waals surface area contributed by atoms with Crippen molar-refractivity contribution in [1.29, 1.82) is 0 Å². The lowest BCUT2D eigenvalue weighted by Crippen LogP contribution is -2.34. The fourth-order valence-electron chi connectivity index (χ4n) is 1.94. The third-order valence-electron chi connectivity index (χ3n) is 2.61. The van der Waals surface area contributed by atoms with Crippen molar-refractivity contribution in [1.82, 2.24) is 4.90 Å². The van der Waals surface area contributed by atoms with Crippen LogP contribution in [0.15, 0.2) is 24.3 Å². The van der Waals surface area contributed by atoms with Crippen LogP contribution in [-0.4, -0.2) is 23.5 Å². The number of likely N-dealkylation sites (tertiary alicyclic amines) is 1. The number of hydrogen-bond acceptors (Lipinski definition) is 1. The molecular weight excluding hydrogens is 158 g/mol. The highest BCUT2D eigenvalue weighted by Gasteiger charge is 2.23. The molecule has 0 spiro atoms. The first-order valence-corrected chi connectivity index (χ1v) is 5.20. The molecule has 1 saturated heterocycles. The summed E-state index contributed by atoms with van der Waals surface area (Å²) in [6.45, 7) is 11.7. The highest BCUT2D eigenvalue weighted by Crippen LogP contribution is 2.21. The maximum Gasteiger partial charge on any atom is 0.0284 e. The molecule has 1 heteroatoms. The molecule has 0 amide bonds.